The van der Waals surface area contributed by atoms with Gasteiger partial charge in [-0.2, -0.15) is 0 Å². The molecule has 10 heteroatoms. The Labute approximate surface area is 190 Å². The Morgan fingerprint density at radius 3 is 2.65 bits per heavy atom. The number of morpholine rings is 1. The lowest BCUT2D eigenvalue weighted by Gasteiger charge is -2.26. The molecule has 4 rings (SSSR count). The van der Waals surface area contributed by atoms with Crippen molar-refractivity contribution in [1.82, 2.24) is 9.88 Å². The minimum absolute atomic E-state index is 0.0336. The second kappa shape index (κ2) is 9.54. The summed E-state index contributed by atoms with van der Waals surface area (Å²) in [7, 11) is -2.53. The molecule has 0 bridgehead atoms. The van der Waals surface area contributed by atoms with Gasteiger partial charge in [0.25, 0.3) is 10.0 Å². The average Bonchev–Trinajstić information content (AvgIpc) is 3.16. The van der Waals surface area contributed by atoms with E-state index < -0.39 is 10.0 Å². The summed E-state index contributed by atoms with van der Waals surface area (Å²) in [6, 6.07) is 14.2. The second-order valence-corrected chi connectivity index (χ2v) is 10.1. The zero-order valence-corrected chi connectivity index (χ0v) is 19.3. The number of hydrogen-bond donors (Lipinski definition) is 1. The minimum Gasteiger partial charge on any atom is -0.495 e. The SMILES string of the molecule is COc1ccc(Cl)cc1S(=O)(=O)Nc1nc(-c2ccccc2)c(CN2CCOCC2)s1. The van der Waals surface area contributed by atoms with Crippen LogP contribution in [0.5, 0.6) is 5.75 Å². The molecule has 1 aliphatic heterocycles. The lowest BCUT2D eigenvalue weighted by Crippen LogP contribution is -2.35. The van der Waals surface area contributed by atoms with Crippen LogP contribution in [-0.4, -0.2) is 51.7 Å². The molecule has 1 aromatic heterocycles. The molecule has 3 aromatic rings. The third-order valence-corrected chi connectivity index (χ3v) is 7.53. The highest BCUT2D eigenvalue weighted by molar-refractivity contribution is 7.93. The highest BCUT2D eigenvalue weighted by Crippen LogP contribution is 2.35. The van der Waals surface area contributed by atoms with E-state index in [1.165, 1.54) is 30.6 Å². The van der Waals surface area contributed by atoms with Crippen LogP contribution in [-0.2, 0) is 21.3 Å². The first kappa shape index (κ1) is 22.0. The van der Waals surface area contributed by atoms with Crippen molar-refractivity contribution in [3.63, 3.8) is 0 Å². The van der Waals surface area contributed by atoms with Gasteiger partial charge in [-0.05, 0) is 18.2 Å². The molecule has 1 saturated heterocycles. The third-order valence-electron chi connectivity index (χ3n) is 4.85. The number of rotatable bonds is 7. The van der Waals surface area contributed by atoms with Gasteiger partial charge in [0.15, 0.2) is 5.13 Å². The normalized spacial score (nSPS) is 15.0. The second-order valence-electron chi connectivity index (χ2n) is 6.95. The van der Waals surface area contributed by atoms with Gasteiger partial charge in [0, 0.05) is 35.1 Å². The summed E-state index contributed by atoms with van der Waals surface area (Å²) in [6.45, 7) is 3.70. The first-order chi connectivity index (χ1) is 15.0. The average molecular weight is 480 g/mol. The van der Waals surface area contributed by atoms with Crippen molar-refractivity contribution in [3.8, 4) is 17.0 Å². The van der Waals surface area contributed by atoms with E-state index in [0.717, 1.165) is 29.2 Å². The zero-order valence-electron chi connectivity index (χ0n) is 16.9. The summed E-state index contributed by atoms with van der Waals surface area (Å²) in [6.07, 6.45) is 0. The topological polar surface area (TPSA) is 80.8 Å². The molecule has 31 heavy (non-hydrogen) atoms. The van der Waals surface area contributed by atoms with Crippen LogP contribution in [0, 0.1) is 0 Å². The molecule has 0 aliphatic carbocycles. The number of halogens is 1. The van der Waals surface area contributed by atoms with Crippen molar-refractivity contribution in [2.24, 2.45) is 0 Å². The molecule has 0 atom stereocenters. The largest absolute Gasteiger partial charge is 0.495 e. The third kappa shape index (κ3) is 5.19. The molecule has 2 aromatic carbocycles. The van der Waals surface area contributed by atoms with Crippen LogP contribution < -0.4 is 9.46 Å². The van der Waals surface area contributed by atoms with Crippen LogP contribution >= 0.6 is 22.9 Å². The van der Waals surface area contributed by atoms with Crippen molar-refractivity contribution >= 4 is 38.1 Å². The highest BCUT2D eigenvalue weighted by Gasteiger charge is 2.24. The van der Waals surface area contributed by atoms with E-state index in [-0.39, 0.29) is 10.6 Å². The van der Waals surface area contributed by atoms with E-state index in [1.807, 2.05) is 30.3 Å². The molecule has 164 valence electrons. The quantitative estimate of drug-likeness (QED) is 0.549. The zero-order chi connectivity index (χ0) is 21.8. The van der Waals surface area contributed by atoms with E-state index in [9.17, 15) is 8.42 Å². The van der Waals surface area contributed by atoms with Crippen molar-refractivity contribution in [1.29, 1.82) is 0 Å². The molecule has 1 aliphatic rings. The maximum Gasteiger partial charge on any atom is 0.267 e. The highest BCUT2D eigenvalue weighted by atomic mass is 35.5. The van der Waals surface area contributed by atoms with Crippen molar-refractivity contribution < 1.29 is 17.9 Å². The van der Waals surface area contributed by atoms with Gasteiger partial charge in [-0.15, -0.1) is 0 Å². The summed E-state index contributed by atoms with van der Waals surface area (Å²) in [5.41, 5.74) is 1.71. The number of ether oxygens (including phenoxy) is 2. The van der Waals surface area contributed by atoms with E-state index in [2.05, 4.69) is 14.6 Å². The van der Waals surface area contributed by atoms with E-state index in [4.69, 9.17) is 21.1 Å². The number of anilines is 1. The molecule has 0 radical (unpaired) electrons. The van der Waals surface area contributed by atoms with Gasteiger partial charge >= 0.3 is 0 Å². The van der Waals surface area contributed by atoms with Gasteiger partial charge in [-0.3, -0.25) is 9.62 Å². The number of thiazole rings is 1. The lowest BCUT2D eigenvalue weighted by molar-refractivity contribution is 0.0347. The lowest BCUT2D eigenvalue weighted by atomic mass is 10.1. The Kier molecular flexibility index (Phi) is 6.78. The van der Waals surface area contributed by atoms with Crippen LogP contribution in [0.1, 0.15) is 4.88 Å². The Bertz CT molecular complexity index is 1150. The van der Waals surface area contributed by atoms with Crippen LogP contribution in [0.4, 0.5) is 5.13 Å². The van der Waals surface area contributed by atoms with E-state index >= 15 is 0 Å². The van der Waals surface area contributed by atoms with Gasteiger partial charge in [-0.25, -0.2) is 13.4 Å². The fourth-order valence-electron chi connectivity index (χ4n) is 3.32. The molecular formula is C21H22ClN3O4S2. The molecule has 7 nitrogen and oxygen atoms in total. The number of methoxy groups -OCH3 is 1. The van der Waals surface area contributed by atoms with Crippen molar-refractivity contribution in [2.45, 2.75) is 11.4 Å². The smallest absolute Gasteiger partial charge is 0.267 e. The summed E-state index contributed by atoms with van der Waals surface area (Å²) < 4.78 is 39.4. The molecule has 0 spiro atoms. The molecule has 0 unspecified atom stereocenters. The Morgan fingerprint density at radius 2 is 1.94 bits per heavy atom. The van der Waals surface area contributed by atoms with Crippen LogP contribution in [0.25, 0.3) is 11.3 Å². The van der Waals surface area contributed by atoms with Gasteiger partial charge in [-0.1, -0.05) is 53.3 Å². The van der Waals surface area contributed by atoms with Gasteiger partial charge < -0.3 is 9.47 Å². The summed E-state index contributed by atoms with van der Waals surface area (Å²) in [4.78, 5) is 7.87. The number of benzene rings is 2. The van der Waals surface area contributed by atoms with Crippen LogP contribution in [0.3, 0.4) is 0 Å². The number of nitrogens with zero attached hydrogens (tertiary/aromatic N) is 2. The minimum atomic E-state index is -3.94. The van der Waals surface area contributed by atoms with E-state index in [1.54, 1.807) is 6.07 Å². The van der Waals surface area contributed by atoms with Crippen molar-refractivity contribution in [3.05, 3.63) is 58.4 Å². The fraction of sp³-hybridized carbons (Fsp3) is 0.286. The molecular weight excluding hydrogens is 458 g/mol. The molecule has 1 fully saturated rings. The number of sulfonamides is 1. The Morgan fingerprint density at radius 1 is 1.19 bits per heavy atom. The maximum atomic E-state index is 13.1. The predicted molar refractivity (Wildman–Crippen MR) is 122 cm³/mol. The molecule has 0 saturated carbocycles. The van der Waals surface area contributed by atoms with Crippen LogP contribution in [0.15, 0.2) is 53.4 Å². The molecule has 1 N–H and O–H groups in total. The molecule has 0 amide bonds. The first-order valence-corrected chi connectivity index (χ1v) is 12.4. The Balaban J connectivity index is 1.68. The first-order valence-electron chi connectivity index (χ1n) is 9.68. The maximum absolute atomic E-state index is 13.1. The fourth-order valence-corrected chi connectivity index (χ4v) is 6.01. The number of aromatic nitrogens is 1. The van der Waals surface area contributed by atoms with Gasteiger partial charge in [0.1, 0.15) is 10.6 Å². The monoisotopic (exact) mass is 479 g/mol. The van der Waals surface area contributed by atoms with E-state index in [0.29, 0.717) is 29.9 Å². The summed E-state index contributed by atoms with van der Waals surface area (Å²) >= 11 is 7.35. The summed E-state index contributed by atoms with van der Waals surface area (Å²) in [5, 5.41) is 0.599. The standard InChI is InChI=1S/C21H22ClN3O4S2/c1-28-17-8-7-16(22)13-19(17)31(26,27)24-21-23-20(15-5-3-2-4-6-15)18(30-21)14-25-9-11-29-12-10-25/h2-8,13H,9-12,14H2,1H3,(H,23,24). The molecule has 2 heterocycles. The number of nitrogens with one attached hydrogen (secondary N) is 1. The number of hydrogen-bond acceptors (Lipinski definition) is 7. The summed E-state index contributed by atoms with van der Waals surface area (Å²) in [5.74, 6) is 0.213. The Hall–Kier alpha value is -2.17. The predicted octanol–water partition coefficient (Wildman–Crippen LogP) is 4.11. The van der Waals surface area contributed by atoms with Crippen molar-refractivity contribution in [2.75, 3.05) is 38.1 Å². The van der Waals surface area contributed by atoms with Gasteiger partial charge in [0.05, 0.1) is 26.0 Å². The van der Waals surface area contributed by atoms with Crippen LogP contribution in [0.2, 0.25) is 5.02 Å². The van der Waals surface area contributed by atoms with Gasteiger partial charge in [0.2, 0.25) is 0 Å².